The first-order valence-electron chi connectivity index (χ1n) is 4.36. The fourth-order valence-electron chi connectivity index (χ4n) is 1.42. The lowest BCUT2D eigenvalue weighted by atomic mass is 10.00. The van der Waals surface area contributed by atoms with Gasteiger partial charge in [0.2, 0.25) is 0 Å². The zero-order valence-corrected chi connectivity index (χ0v) is 7.67. The van der Waals surface area contributed by atoms with Gasteiger partial charge in [0.1, 0.15) is 0 Å². The number of hydrogen-bond donors (Lipinski definition) is 0. The van der Waals surface area contributed by atoms with Crippen molar-refractivity contribution in [2.45, 2.75) is 32.6 Å². The summed E-state index contributed by atoms with van der Waals surface area (Å²) in [4.78, 5) is 0. The van der Waals surface area contributed by atoms with Crippen molar-refractivity contribution in [2.24, 2.45) is 7.05 Å². The molecule has 1 heteroatoms. The zero-order chi connectivity index (χ0) is 8.27. The minimum absolute atomic E-state index is 0.723. The Bertz CT molecular complexity index is 212. The van der Waals surface area contributed by atoms with Crippen molar-refractivity contribution in [3.63, 3.8) is 0 Å². The van der Waals surface area contributed by atoms with Crippen LogP contribution in [0.15, 0.2) is 18.5 Å². The molecule has 0 saturated carbocycles. The molecule has 0 aliphatic rings. The molecule has 1 aromatic rings. The average Bonchev–Trinajstić information content (AvgIpc) is 2.36. The Morgan fingerprint density at radius 2 is 2.27 bits per heavy atom. The van der Waals surface area contributed by atoms with Crippen molar-refractivity contribution < 1.29 is 0 Å². The Balaban J connectivity index is 2.60. The molecule has 1 atom stereocenters. The van der Waals surface area contributed by atoms with Crippen LogP contribution in [0.3, 0.4) is 0 Å². The second-order valence-corrected chi connectivity index (χ2v) is 3.30. The number of rotatable bonds is 3. The van der Waals surface area contributed by atoms with E-state index in [9.17, 15) is 0 Å². The summed E-state index contributed by atoms with van der Waals surface area (Å²) in [5.74, 6) is 0.723. The van der Waals surface area contributed by atoms with E-state index >= 15 is 0 Å². The summed E-state index contributed by atoms with van der Waals surface area (Å²) in [6.45, 7) is 4.53. The van der Waals surface area contributed by atoms with Crippen LogP contribution in [0.1, 0.15) is 38.2 Å². The normalized spacial score (nSPS) is 13.4. The molecule has 0 radical (unpaired) electrons. The molecule has 0 amide bonds. The number of aryl methyl sites for hydroxylation is 1. The van der Waals surface area contributed by atoms with Gasteiger partial charge in [-0.2, -0.15) is 0 Å². The van der Waals surface area contributed by atoms with Crippen molar-refractivity contribution in [3.05, 3.63) is 24.0 Å². The van der Waals surface area contributed by atoms with Crippen LogP contribution in [0, 0.1) is 0 Å². The van der Waals surface area contributed by atoms with Gasteiger partial charge >= 0.3 is 0 Å². The minimum atomic E-state index is 0.723. The molecule has 1 rings (SSSR count). The highest BCUT2D eigenvalue weighted by atomic mass is 14.9. The molecular formula is C10H17N. The van der Waals surface area contributed by atoms with Crippen molar-refractivity contribution in [1.82, 2.24) is 4.57 Å². The smallest absolute Gasteiger partial charge is 0.0106 e. The van der Waals surface area contributed by atoms with Crippen LogP contribution < -0.4 is 0 Å². The van der Waals surface area contributed by atoms with E-state index in [4.69, 9.17) is 0 Å². The van der Waals surface area contributed by atoms with Crippen LogP contribution in [0.5, 0.6) is 0 Å². The molecule has 62 valence electrons. The molecule has 0 saturated heterocycles. The zero-order valence-electron chi connectivity index (χ0n) is 7.67. The third-order valence-electron chi connectivity index (χ3n) is 2.15. The maximum Gasteiger partial charge on any atom is 0.0106 e. The first-order valence-corrected chi connectivity index (χ1v) is 4.36. The third-order valence-corrected chi connectivity index (χ3v) is 2.15. The highest BCUT2D eigenvalue weighted by Gasteiger charge is 2.03. The average molecular weight is 151 g/mol. The van der Waals surface area contributed by atoms with Gasteiger partial charge in [0.25, 0.3) is 0 Å². The van der Waals surface area contributed by atoms with Gasteiger partial charge in [0, 0.05) is 19.4 Å². The third kappa shape index (κ3) is 2.11. The maximum absolute atomic E-state index is 2.29. The topological polar surface area (TPSA) is 4.93 Å². The van der Waals surface area contributed by atoms with Crippen molar-refractivity contribution in [1.29, 1.82) is 0 Å². The molecule has 1 aromatic heterocycles. The molecule has 1 unspecified atom stereocenters. The highest BCUT2D eigenvalue weighted by Crippen LogP contribution is 2.19. The van der Waals surface area contributed by atoms with Crippen LogP contribution in [-0.2, 0) is 7.05 Å². The molecule has 0 N–H and O–H groups in total. The molecule has 0 aliphatic heterocycles. The molecule has 11 heavy (non-hydrogen) atoms. The van der Waals surface area contributed by atoms with Crippen LogP contribution in [0.25, 0.3) is 0 Å². The molecule has 0 aromatic carbocycles. The summed E-state index contributed by atoms with van der Waals surface area (Å²) in [7, 11) is 2.07. The molecule has 1 heterocycles. The maximum atomic E-state index is 2.29. The first kappa shape index (κ1) is 8.38. The van der Waals surface area contributed by atoms with Gasteiger partial charge in [-0.1, -0.05) is 20.3 Å². The largest absolute Gasteiger partial charge is 0.357 e. The van der Waals surface area contributed by atoms with Gasteiger partial charge in [-0.25, -0.2) is 0 Å². The van der Waals surface area contributed by atoms with E-state index in [-0.39, 0.29) is 0 Å². The van der Waals surface area contributed by atoms with E-state index in [0.717, 1.165) is 5.92 Å². The summed E-state index contributed by atoms with van der Waals surface area (Å²) in [6.07, 6.45) is 6.89. The van der Waals surface area contributed by atoms with Crippen LogP contribution in [0.4, 0.5) is 0 Å². The second kappa shape index (κ2) is 3.61. The molecule has 0 spiro atoms. The predicted octanol–water partition coefficient (Wildman–Crippen LogP) is 2.93. The van der Waals surface area contributed by atoms with E-state index in [1.165, 1.54) is 18.4 Å². The Kier molecular flexibility index (Phi) is 2.75. The van der Waals surface area contributed by atoms with Crippen molar-refractivity contribution >= 4 is 0 Å². The predicted molar refractivity (Wildman–Crippen MR) is 48.7 cm³/mol. The van der Waals surface area contributed by atoms with E-state index < -0.39 is 0 Å². The van der Waals surface area contributed by atoms with E-state index in [0.29, 0.717) is 0 Å². The Morgan fingerprint density at radius 3 is 2.73 bits per heavy atom. The monoisotopic (exact) mass is 151 g/mol. The summed E-state index contributed by atoms with van der Waals surface area (Å²) in [6, 6.07) is 2.21. The van der Waals surface area contributed by atoms with Gasteiger partial charge in [0.05, 0.1) is 0 Å². The Morgan fingerprint density at radius 1 is 1.55 bits per heavy atom. The lowest BCUT2D eigenvalue weighted by Crippen LogP contribution is -1.90. The Labute approximate surface area is 69.0 Å². The number of nitrogens with zero attached hydrogens (tertiary/aromatic N) is 1. The highest BCUT2D eigenvalue weighted by molar-refractivity contribution is 5.14. The van der Waals surface area contributed by atoms with E-state index in [1.54, 1.807) is 0 Å². The van der Waals surface area contributed by atoms with Gasteiger partial charge in [-0.3, -0.25) is 0 Å². The fraction of sp³-hybridized carbons (Fsp3) is 0.600. The fourth-order valence-corrected chi connectivity index (χ4v) is 1.42. The number of hydrogen-bond acceptors (Lipinski definition) is 0. The lowest BCUT2D eigenvalue weighted by Gasteiger charge is -2.06. The van der Waals surface area contributed by atoms with Gasteiger partial charge in [0.15, 0.2) is 0 Å². The first-order chi connectivity index (χ1) is 5.24. The van der Waals surface area contributed by atoms with E-state index in [1.807, 2.05) is 0 Å². The molecule has 0 fully saturated rings. The number of aromatic nitrogens is 1. The second-order valence-electron chi connectivity index (χ2n) is 3.30. The quantitative estimate of drug-likeness (QED) is 0.626. The standard InChI is InChI=1S/C10H17N/c1-4-5-9(2)10-6-7-11(3)8-10/h6-9H,4-5H2,1-3H3. The Hall–Kier alpha value is -0.720. The van der Waals surface area contributed by atoms with Gasteiger partial charge < -0.3 is 4.57 Å². The molecular weight excluding hydrogens is 134 g/mol. The lowest BCUT2D eigenvalue weighted by molar-refractivity contribution is 0.663. The van der Waals surface area contributed by atoms with Crippen LogP contribution in [0.2, 0.25) is 0 Å². The van der Waals surface area contributed by atoms with Gasteiger partial charge in [-0.15, -0.1) is 0 Å². The molecule has 0 bridgehead atoms. The molecule has 1 nitrogen and oxygen atoms in total. The van der Waals surface area contributed by atoms with Crippen molar-refractivity contribution in [3.8, 4) is 0 Å². The van der Waals surface area contributed by atoms with Crippen LogP contribution >= 0.6 is 0 Å². The van der Waals surface area contributed by atoms with Gasteiger partial charge in [-0.05, 0) is 24.0 Å². The van der Waals surface area contributed by atoms with Crippen molar-refractivity contribution in [2.75, 3.05) is 0 Å². The minimum Gasteiger partial charge on any atom is -0.357 e. The summed E-state index contributed by atoms with van der Waals surface area (Å²) < 4.78 is 2.11. The molecule has 0 aliphatic carbocycles. The summed E-state index contributed by atoms with van der Waals surface area (Å²) in [5, 5.41) is 0. The van der Waals surface area contributed by atoms with E-state index in [2.05, 4.69) is 43.9 Å². The SMILES string of the molecule is CCCC(C)c1ccn(C)c1. The van der Waals surface area contributed by atoms with Crippen LogP contribution in [-0.4, -0.2) is 4.57 Å². The summed E-state index contributed by atoms with van der Waals surface area (Å²) >= 11 is 0. The summed E-state index contributed by atoms with van der Waals surface area (Å²) in [5.41, 5.74) is 1.47.